The number of aryl methyl sites for hydroxylation is 1. The quantitative estimate of drug-likeness (QED) is 0.321. The molecule has 0 aliphatic heterocycles. The highest BCUT2D eigenvalue weighted by Crippen LogP contribution is 2.30. The van der Waals surface area contributed by atoms with E-state index < -0.39 is 21.7 Å². The summed E-state index contributed by atoms with van der Waals surface area (Å²) in [5, 5.41) is 7.49. The summed E-state index contributed by atoms with van der Waals surface area (Å²) < 4.78 is 61.0. The Labute approximate surface area is 189 Å². The van der Waals surface area contributed by atoms with E-state index >= 15 is 0 Å². The zero-order valence-corrected chi connectivity index (χ0v) is 20.0. The number of hydrogen-bond acceptors (Lipinski definition) is 5. The minimum absolute atomic E-state index is 0. The molecule has 0 spiro atoms. The van der Waals surface area contributed by atoms with Crippen LogP contribution in [0.3, 0.4) is 0 Å². The summed E-state index contributed by atoms with van der Waals surface area (Å²) in [6, 6.07) is 5.07. The SMILES string of the molecule is CN=C(NCCc1nc(C(F)(F)F)cs1)NCc1ccc(S(C)(=O)=O)c(C)c1.I. The molecule has 0 fully saturated rings. The van der Waals surface area contributed by atoms with Crippen LogP contribution in [0.4, 0.5) is 13.2 Å². The first-order valence-corrected chi connectivity index (χ1v) is 11.0. The summed E-state index contributed by atoms with van der Waals surface area (Å²) in [6.45, 7) is 2.52. The van der Waals surface area contributed by atoms with Gasteiger partial charge < -0.3 is 10.6 Å². The van der Waals surface area contributed by atoms with Gasteiger partial charge in [0.05, 0.1) is 9.90 Å². The molecule has 0 unspecified atom stereocenters. The maximum Gasteiger partial charge on any atom is 0.434 e. The van der Waals surface area contributed by atoms with E-state index in [-0.39, 0.29) is 24.0 Å². The lowest BCUT2D eigenvalue weighted by atomic mass is 10.1. The van der Waals surface area contributed by atoms with E-state index in [1.807, 2.05) is 0 Å². The van der Waals surface area contributed by atoms with Gasteiger partial charge in [-0.05, 0) is 24.1 Å². The molecule has 29 heavy (non-hydrogen) atoms. The highest BCUT2D eigenvalue weighted by Gasteiger charge is 2.33. The van der Waals surface area contributed by atoms with E-state index in [9.17, 15) is 21.6 Å². The molecule has 0 aliphatic carbocycles. The molecule has 0 saturated carbocycles. The van der Waals surface area contributed by atoms with E-state index in [1.165, 1.54) is 6.26 Å². The second-order valence-corrected chi connectivity index (χ2v) is 9.03. The molecule has 162 valence electrons. The van der Waals surface area contributed by atoms with Gasteiger partial charge in [-0.25, -0.2) is 13.4 Å². The molecule has 0 amide bonds. The van der Waals surface area contributed by atoms with Crippen molar-refractivity contribution in [3.05, 3.63) is 45.4 Å². The number of hydrogen-bond donors (Lipinski definition) is 2. The smallest absolute Gasteiger partial charge is 0.356 e. The van der Waals surface area contributed by atoms with Gasteiger partial charge in [0.2, 0.25) is 0 Å². The Morgan fingerprint density at radius 2 is 1.97 bits per heavy atom. The number of nitrogens with one attached hydrogen (secondary N) is 2. The van der Waals surface area contributed by atoms with Crippen LogP contribution >= 0.6 is 35.3 Å². The molecule has 0 saturated heterocycles. The van der Waals surface area contributed by atoms with Crippen LogP contribution < -0.4 is 10.6 Å². The Morgan fingerprint density at radius 1 is 1.28 bits per heavy atom. The summed E-state index contributed by atoms with van der Waals surface area (Å²) in [7, 11) is -1.68. The fourth-order valence-electron chi connectivity index (χ4n) is 2.49. The Hall–Kier alpha value is -1.41. The highest BCUT2D eigenvalue weighted by atomic mass is 127. The van der Waals surface area contributed by atoms with Gasteiger partial charge in [0, 0.05) is 38.2 Å². The molecule has 1 aromatic carbocycles. The average molecular weight is 562 g/mol. The third-order valence-corrected chi connectivity index (χ3v) is 5.96. The number of aliphatic imine (C=N–C) groups is 1. The lowest BCUT2D eigenvalue weighted by Crippen LogP contribution is -2.37. The number of thiazole rings is 1. The van der Waals surface area contributed by atoms with Crippen LogP contribution in [-0.2, 0) is 29.0 Å². The minimum atomic E-state index is -4.43. The molecule has 6 nitrogen and oxygen atoms in total. The molecule has 2 aromatic rings. The largest absolute Gasteiger partial charge is 0.434 e. The van der Waals surface area contributed by atoms with Crippen molar-refractivity contribution < 1.29 is 21.6 Å². The summed E-state index contributed by atoms with van der Waals surface area (Å²) in [5.41, 5.74) is 0.666. The number of benzene rings is 1. The first-order chi connectivity index (χ1) is 13.0. The number of aromatic nitrogens is 1. The van der Waals surface area contributed by atoms with Gasteiger partial charge in [-0.1, -0.05) is 12.1 Å². The highest BCUT2D eigenvalue weighted by molar-refractivity contribution is 14.0. The number of guanidine groups is 1. The molecule has 1 heterocycles. The first kappa shape index (κ1) is 25.6. The van der Waals surface area contributed by atoms with E-state index in [1.54, 1.807) is 32.2 Å². The summed E-state index contributed by atoms with van der Waals surface area (Å²) in [6.07, 6.45) is -2.92. The van der Waals surface area contributed by atoms with Crippen molar-refractivity contribution in [2.75, 3.05) is 19.8 Å². The van der Waals surface area contributed by atoms with E-state index in [2.05, 4.69) is 20.6 Å². The summed E-state index contributed by atoms with van der Waals surface area (Å²) in [4.78, 5) is 7.93. The first-order valence-electron chi connectivity index (χ1n) is 8.26. The molecular formula is C17H22F3IN4O2S2. The van der Waals surface area contributed by atoms with Crippen molar-refractivity contribution in [1.82, 2.24) is 15.6 Å². The maximum atomic E-state index is 12.6. The van der Waals surface area contributed by atoms with Gasteiger partial charge in [-0.15, -0.1) is 35.3 Å². The normalized spacial score (nSPS) is 12.4. The van der Waals surface area contributed by atoms with Crippen molar-refractivity contribution in [2.24, 2.45) is 4.99 Å². The fraction of sp³-hybridized carbons (Fsp3) is 0.412. The fourth-order valence-corrected chi connectivity index (χ4v) is 4.25. The van der Waals surface area contributed by atoms with Crippen LogP contribution in [0.2, 0.25) is 0 Å². The third-order valence-electron chi connectivity index (χ3n) is 3.80. The number of nitrogens with zero attached hydrogens (tertiary/aromatic N) is 2. The standard InChI is InChI=1S/C17H21F3N4O2S2.HI/c1-11-8-12(4-5-13(11)28(3,25)26)9-23-16(21-2)22-7-6-15-24-14(10-27-15)17(18,19)20;/h4-5,8,10H,6-7,9H2,1-3H3,(H2,21,22,23);1H. The monoisotopic (exact) mass is 562 g/mol. The van der Waals surface area contributed by atoms with Crippen molar-refractivity contribution in [3.63, 3.8) is 0 Å². The van der Waals surface area contributed by atoms with Crippen molar-refractivity contribution in [3.8, 4) is 0 Å². The maximum absolute atomic E-state index is 12.6. The molecule has 0 bridgehead atoms. The van der Waals surface area contributed by atoms with Gasteiger partial charge in [0.1, 0.15) is 0 Å². The van der Waals surface area contributed by atoms with E-state index in [0.29, 0.717) is 40.9 Å². The number of alkyl halides is 3. The predicted molar refractivity (Wildman–Crippen MR) is 119 cm³/mol. The van der Waals surface area contributed by atoms with Gasteiger partial charge in [0.15, 0.2) is 21.5 Å². The van der Waals surface area contributed by atoms with Crippen LogP contribution in [-0.4, -0.2) is 39.2 Å². The number of rotatable bonds is 6. The van der Waals surface area contributed by atoms with Crippen LogP contribution in [0.25, 0.3) is 0 Å². The minimum Gasteiger partial charge on any atom is -0.356 e. The van der Waals surface area contributed by atoms with Gasteiger partial charge in [-0.2, -0.15) is 13.2 Å². The van der Waals surface area contributed by atoms with E-state index in [0.717, 1.165) is 22.3 Å². The van der Waals surface area contributed by atoms with Crippen molar-refractivity contribution in [1.29, 1.82) is 0 Å². The molecule has 1 aromatic heterocycles. The zero-order chi connectivity index (χ0) is 20.9. The average Bonchev–Trinajstić information content (AvgIpc) is 3.06. The molecule has 0 radical (unpaired) electrons. The second kappa shape index (κ2) is 10.6. The van der Waals surface area contributed by atoms with Crippen LogP contribution in [0, 0.1) is 6.92 Å². The molecule has 12 heteroatoms. The molecule has 0 aliphatic rings. The lowest BCUT2D eigenvalue weighted by Gasteiger charge is -2.12. The van der Waals surface area contributed by atoms with Crippen molar-refractivity contribution in [2.45, 2.75) is 31.0 Å². The molecule has 0 atom stereocenters. The van der Waals surface area contributed by atoms with E-state index in [4.69, 9.17) is 0 Å². The Bertz CT molecular complexity index is 960. The Morgan fingerprint density at radius 3 is 2.48 bits per heavy atom. The third kappa shape index (κ3) is 7.74. The van der Waals surface area contributed by atoms with Crippen LogP contribution in [0.5, 0.6) is 0 Å². The molecule has 2 rings (SSSR count). The zero-order valence-electron chi connectivity index (χ0n) is 16.0. The van der Waals surface area contributed by atoms with Gasteiger partial charge in [-0.3, -0.25) is 4.99 Å². The molecule has 2 N–H and O–H groups in total. The van der Waals surface area contributed by atoms with Crippen molar-refractivity contribution >= 4 is 51.1 Å². The van der Waals surface area contributed by atoms with Gasteiger partial charge >= 0.3 is 6.18 Å². The van der Waals surface area contributed by atoms with Gasteiger partial charge in [0.25, 0.3) is 0 Å². The molecular weight excluding hydrogens is 540 g/mol. The summed E-state index contributed by atoms with van der Waals surface area (Å²) in [5.74, 6) is 0.484. The lowest BCUT2D eigenvalue weighted by molar-refractivity contribution is -0.140. The number of sulfone groups is 1. The van der Waals surface area contributed by atoms with Crippen LogP contribution in [0.1, 0.15) is 21.8 Å². The Balaban J connectivity index is 0.00000420. The summed E-state index contributed by atoms with van der Waals surface area (Å²) >= 11 is 0.970. The number of halogens is 4. The second-order valence-electron chi connectivity index (χ2n) is 6.10. The topological polar surface area (TPSA) is 83.4 Å². The van der Waals surface area contributed by atoms with Crippen LogP contribution in [0.15, 0.2) is 33.5 Å². The Kier molecular flexibility index (Phi) is 9.34. The predicted octanol–water partition coefficient (Wildman–Crippen LogP) is 3.40.